The molecule has 0 N–H and O–H groups in total. The third kappa shape index (κ3) is 2520. The monoisotopic (exact) mass is 323 g/mol. The summed E-state index contributed by atoms with van der Waals surface area (Å²) in [4.78, 5) is 0. The molecule has 0 aliphatic heterocycles. The first-order valence-electron chi connectivity index (χ1n) is 1.45. The zero-order valence-electron chi connectivity index (χ0n) is 3.95. The van der Waals surface area contributed by atoms with Crippen LogP contribution in [0.25, 0.3) is 0 Å². The van der Waals surface area contributed by atoms with Crippen LogP contribution in [-0.4, -0.2) is 21.5 Å². The van der Waals surface area contributed by atoms with Crippen molar-refractivity contribution >= 4 is 21.5 Å². The fourth-order valence-electron chi connectivity index (χ4n) is 0. The molecule has 51 valence electrons. The summed E-state index contributed by atoms with van der Waals surface area (Å²) >= 11 is -10.6. The van der Waals surface area contributed by atoms with Gasteiger partial charge in [0.2, 0.25) is 0 Å². The molecule has 0 aliphatic carbocycles. The van der Waals surface area contributed by atoms with Crippen molar-refractivity contribution in [3.05, 3.63) is 0 Å². The van der Waals surface area contributed by atoms with Gasteiger partial charge < -0.3 is 5.91 Å². The molecular weight excluding hydrogens is 323 g/mol. The standard InChI is InChI=1S/2FH.Mg.5O.Ta/h2*1H;;;;;;;/q;;+2;;;;;;/p-2. The van der Waals surface area contributed by atoms with Crippen molar-refractivity contribution in [1.29, 1.82) is 0 Å². The van der Waals surface area contributed by atoms with Gasteiger partial charge in [-0.15, -0.1) is 0 Å². The van der Waals surface area contributed by atoms with Crippen LogP contribution in [0.3, 0.4) is 0 Å². The van der Waals surface area contributed by atoms with Gasteiger partial charge >= 0.3 is 53.4 Å². The van der Waals surface area contributed by atoms with E-state index in [0.717, 1.165) is 0 Å². The SMILES string of the molecule is [F][Mg][F].[O]=[Ta](=[O])(=[O])(=[O])=[O]. The third-order valence-electron chi connectivity index (χ3n) is 0. The van der Waals surface area contributed by atoms with Gasteiger partial charge in [-0.05, 0) is 0 Å². The average molecular weight is 323 g/mol. The maximum atomic E-state index is 9.76. The van der Waals surface area contributed by atoms with E-state index in [1.54, 1.807) is 0 Å². The van der Waals surface area contributed by atoms with Crippen LogP contribution in [0.4, 0.5) is 5.91 Å². The van der Waals surface area contributed by atoms with Crippen molar-refractivity contribution in [2.45, 2.75) is 0 Å². The average Bonchev–Trinajstić information content (AvgIpc) is 1.23. The molecule has 0 fully saturated rings. The van der Waals surface area contributed by atoms with Gasteiger partial charge in [0.25, 0.3) is 0 Å². The van der Waals surface area contributed by atoms with Crippen molar-refractivity contribution in [3.63, 3.8) is 0 Å². The van der Waals surface area contributed by atoms with Crippen LogP contribution >= 0.6 is 0 Å². The molecule has 0 aromatic rings. The van der Waals surface area contributed by atoms with Crippen molar-refractivity contribution in [1.82, 2.24) is 0 Å². The Hall–Kier alpha value is 0.366. The molecule has 0 aromatic heterocycles. The molecular formula is F2MgO5Ta. The Morgan fingerprint density at radius 3 is 0.889 bits per heavy atom. The van der Waals surface area contributed by atoms with E-state index in [4.69, 9.17) is 16.3 Å². The Balaban J connectivity index is 0. The summed E-state index contributed by atoms with van der Waals surface area (Å²) < 4.78 is 62.9. The second-order valence-corrected chi connectivity index (χ2v) is 6.40. The predicted octanol–water partition coefficient (Wildman–Crippen LogP) is -0.137. The molecule has 0 rings (SSSR count). The second-order valence-electron chi connectivity index (χ2n) is 0.846. The van der Waals surface area contributed by atoms with Gasteiger partial charge in [0.1, 0.15) is 0 Å². The van der Waals surface area contributed by atoms with E-state index in [1.165, 1.54) is 0 Å². The Bertz CT molecular complexity index is 299. The van der Waals surface area contributed by atoms with Crippen LogP contribution in [0.5, 0.6) is 0 Å². The fraction of sp³-hybridized carbons (Fsp3) is 0. The molecule has 0 amide bonds. The van der Waals surface area contributed by atoms with Crippen LogP contribution in [0.2, 0.25) is 0 Å². The van der Waals surface area contributed by atoms with E-state index < -0.39 is 37.2 Å². The maximum absolute atomic E-state index is 9.76. The van der Waals surface area contributed by atoms with Gasteiger partial charge in [-0.1, -0.05) is 0 Å². The Morgan fingerprint density at radius 2 is 0.889 bits per heavy atom. The summed E-state index contributed by atoms with van der Waals surface area (Å²) in [5.41, 5.74) is 0. The second kappa shape index (κ2) is 3.51. The van der Waals surface area contributed by atoms with Crippen LogP contribution in [0.15, 0.2) is 0 Å². The van der Waals surface area contributed by atoms with E-state index in [2.05, 4.69) is 0 Å². The summed E-state index contributed by atoms with van der Waals surface area (Å²) in [6.45, 7) is 0. The zero-order valence-corrected chi connectivity index (χ0v) is 8.58. The molecule has 0 atom stereocenters. The van der Waals surface area contributed by atoms with Crippen molar-refractivity contribution in [3.8, 4) is 0 Å². The van der Waals surface area contributed by atoms with Crippen molar-refractivity contribution < 1.29 is 37.8 Å². The minimum absolute atomic E-state index is 2.58. The molecule has 0 bridgehead atoms. The first-order chi connectivity index (χ1) is 3.65. The third-order valence-corrected chi connectivity index (χ3v) is 0. The summed E-state index contributed by atoms with van der Waals surface area (Å²) in [7, 11) is 0. The summed E-state index contributed by atoms with van der Waals surface area (Å²) in [6.07, 6.45) is 0. The molecule has 9 heteroatoms. The molecule has 0 aliphatic rings. The van der Waals surface area contributed by atoms with E-state index in [-0.39, 0.29) is 0 Å². The topological polar surface area (TPSA) is 85.3 Å². The van der Waals surface area contributed by atoms with E-state index in [1.807, 2.05) is 0 Å². The predicted molar refractivity (Wildman–Crippen MR) is 11.4 cm³/mol. The number of hydrogen-bond donors (Lipinski definition) is 0. The van der Waals surface area contributed by atoms with Crippen LogP contribution in [-0.2, 0) is 31.9 Å². The van der Waals surface area contributed by atoms with Gasteiger partial charge in [-0.2, -0.15) is 0 Å². The van der Waals surface area contributed by atoms with Gasteiger partial charge in [0.05, 0.1) is 0 Å². The van der Waals surface area contributed by atoms with Crippen LogP contribution in [0, 0.1) is 0 Å². The zero-order chi connectivity index (χ0) is 8.15. The summed E-state index contributed by atoms with van der Waals surface area (Å²) in [5.74, 6) is 0. The van der Waals surface area contributed by atoms with Gasteiger partial charge in [-0.25, -0.2) is 0 Å². The molecule has 0 radical (unpaired) electrons. The number of halogens is 2. The molecule has 0 saturated heterocycles. The van der Waals surface area contributed by atoms with Gasteiger partial charge in [0.15, 0.2) is 0 Å². The van der Waals surface area contributed by atoms with E-state index in [9.17, 15) is 5.91 Å². The molecule has 9 heavy (non-hydrogen) atoms. The first-order valence-corrected chi connectivity index (χ1v) is 9.08. The molecule has 0 aromatic carbocycles. The normalized spacial score (nSPS) is 7.78. The van der Waals surface area contributed by atoms with Crippen molar-refractivity contribution in [2.24, 2.45) is 0 Å². The fourth-order valence-corrected chi connectivity index (χ4v) is 0. The van der Waals surface area contributed by atoms with Crippen molar-refractivity contribution in [2.75, 3.05) is 0 Å². The quantitative estimate of drug-likeness (QED) is 0.580. The molecule has 0 spiro atoms. The molecule has 0 unspecified atom stereocenters. The molecule has 0 saturated carbocycles. The van der Waals surface area contributed by atoms with Crippen LogP contribution in [0.1, 0.15) is 0 Å². The molecule has 5 nitrogen and oxygen atoms in total. The Kier molecular flexibility index (Phi) is 4.72. The molecule has 0 heterocycles. The van der Waals surface area contributed by atoms with Gasteiger partial charge in [-0.3, -0.25) is 0 Å². The number of rotatable bonds is 0. The van der Waals surface area contributed by atoms with Crippen LogP contribution < -0.4 is 0 Å². The summed E-state index contributed by atoms with van der Waals surface area (Å²) in [6, 6.07) is 0. The van der Waals surface area contributed by atoms with E-state index >= 15 is 0 Å². The Labute approximate surface area is 59.2 Å². The van der Waals surface area contributed by atoms with Gasteiger partial charge in [0, 0.05) is 0 Å². The summed E-state index contributed by atoms with van der Waals surface area (Å²) in [5, 5.41) is 0. The minimum atomic E-state index is -8.05. The first kappa shape index (κ1) is 12.1. The number of hydrogen-bond acceptors (Lipinski definition) is 5. The Morgan fingerprint density at radius 1 is 0.889 bits per heavy atom. The van der Waals surface area contributed by atoms with E-state index in [0.29, 0.717) is 0 Å².